The van der Waals surface area contributed by atoms with E-state index >= 15 is 0 Å². The van der Waals surface area contributed by atoms with Crippen LogP contribution < -0.4 is 4.74 Å². The predicted molar refractivity (Wildman–Crippen MR) is 117 cm³/mol. The van der Waals surface area contributed by atoms with E-state index in [2.05, 4.69) is 9.97 Å². The van der Waals surface area contributed by atoms with Gasteiger partial charge in [-0.15, -0.1) is 0 Å². The number of carbonyl (C=O) groups is 1. The van der Waals surface area contributed by atoms with Crippen LogP contribution in [0.3, 0.4) is 0 Å². The molecule has 1 amide bonds. The molecular formula is C21H30N4O5S. The number of likely N-dealkylation sites (tertiary alicyclic amines) is 1. The van der Waals surface area contributed by atoms with Crippen LogP contribution in [-0.4, -0.2) is 77.8 Å². The molecule has 0 bridgehead atoms. The number of nitrogens with zero attached hydrogens (tertiary/aromatic N) is 3. The van der Waals surface area contributed by atoms with Crippen LogP contribution in [0.2, 0.25) is 0 Å². The minimum Gasteiger partial charge on any atom is -0.495 e. The Hall–Kier alpha value is -2.33. The molecule has 2 aromatic rings. The lowest BCUT2D eigenvalue weighted by Gasteiger charge is -2.42. The fourth-order valence-electron chi connectivity index (χ4n) is 4.19. The molecule has 10 heteroatoms. The molecule has 31 heavy (non-hydrogen) atoms. The van der Waals surface area contributed by atoms with Crippen molar-refractivity contribution in [2.45, 2.75) is 50.4 Å². The third-order valence-electron chi connectivity index (χ3n) is 5.95. The van der Waals surface area contributed by atoms with Gasteiger partial charge in [0.25, 0.3) is 0 Å². The average Bonchev–Trinajstić information content (AvgIpc) is 3.08. The molecule has 0 spiro atoms. The Bertz CT molecular complexity index is 1060. The number of amides is 1. The summed E-state index contributed by atoms with van der Waals surface area (Å²) >= 11 is 0. The summed E-state index contributed by atoms with van der Waals surface area (Å²) in [5.41, 5.74) is 1.37. The number of ether oxygens (including phenoxy) is 2. The standard InChI is InChI=1S/C21H30N4O5S/c1-21(2,3)30-20(26)24-12-16(13-24)31(27,28)25-7-5-14(6-8-25)18-11-23-19-17(18)9-15(29-4)10-22-19/h9-11,14,16H,5-8,12-13H2,1-4H3,(H,22,23). The molecule has 0 aromatic carbocycles. The van der Waals surface area contributed by atoms with Crippen molar-refractivity contribution in [1.82, 2.24) is 19.2 Å². The summed E-state index contributed by atoms with van der Waals surface area (Å²) in [5.74, 6) is 0.960. The fraction of sp³-hybridized carbons (Fsp3) is 0.619. The van der Waals surface area contributed by atoms with E-state index in [4.69, 9.17) is 9.47 Å². The van der Waals surface area contributed by atoms with Gasteiger partial charge in [-0.2, -0.15) is 0 Å². The molecule has 170 valence electrons. The summed E-state index contributed by atoms with van der Waals surface area (Å²) in [6, 6.07) is 1.97. The molecule has 2 aliphatic rings. The van der Waals surface area contributed by atoms with Crippen LogP contribution >= 0.6 is 0 Å². The second-order valence-electron chi connectivity index (χ2n) is 9.24. The molecule has 2 aliphatic heterocycles. The normalized spacial score (nSPS) is 19.4. The number of sulfonamides is 1. The van der Waals surface area contributed by atoms with E-state index in [-0.39, 0.29) is 19.0 Å². The van der Waals surface area contributed by atoms with Gasteiger partial charge >= 0.3 is 6.09 Å². The van der Waals surface area contributed by atoms with Crippen LogP contribution in [0.5, 0.6) is 5.75 Å². The predicted octanol–water partition coefficient (Wildman–Crippen LogP) is 2.70. The molecule has 0 atom stereocenters. The number of aromatic nitrogens is 2. The smallest absolute Gasteiger partial charge is 0.410 e. The first-order chi connectivity index (χ1) is 14.6. The number of carbonyl (C=O) groups excluding carboxylic acids is 1. The monoisotopic (exact) mass is 450 g/mol. The minimum atomic E-state index is -3.44. The summed E-state index contributed by atoms with van der Waals surface area (Å²) in [6.07, 6.45) is 4.67. The van der Waals surface area contributed by atoms with Gasteiger partial charge in [-0.1, -0.05) is 0 Å². The van der Waals surface area contributed by atoms with Crippen LogP contribution in [0, 0.1) is 0 Å². The van der Waals surface area contributed by atoms with Gasteiger partial charge in [0.2, 0.25) is 10.0 Å². The van der Waals surface area contributed by atoms with Gasteiger partial charge in [0.1, 0.15) is 22.2 Å². The van der Waals surface area contributed by atoms with Gasteiger partial charge in [0, 0.05) is 37.8 Å². The van der Waals surface area contributed by atoms with Crippen LogP contribution in [0.15, 0.2) is 18.5 Å². The largest absolute Gasteiger partial charge is 0.495 e. The number of nitrogens with one attached hydrogen (secondary N) is 1. The van der Waals surface area contributed by atoms with Crippen molar-refractivity contribution in [2.24, 2.45) is 0 Å². The highest BCUT2D eigenvalue weighted by molar-refractivity contribution is 7.89. The number of rotatable bonds is 4. The SMILES string of the molecule is COc1cnc2[nH]cc(C3CCN(S(=O)(=O)C4CN(C(=O)OC(C)(C)C)C4)CC3)c2c1. The number of fused-ring (bicyclic) bond motifs is 1. The van der Waals surface area contributed by atoms with Crippen LogP contribution in [0.4, 0.5) is 4.79 Å². The number of hydrogen-bond acceptors (Lipinski definition) is 6. The highest BCUT2D eigenvalue weighted by Crippen LogP contribution is 2.35. The number of hydrogen-bond donors (Lipinski definition) is 1. The zero-order valence-electron chi connectivity index (χ0n) is 18.4. The zero-order chi connectivity index (χ0) is 22.4. The molecule has 0 saturated carbocycles. The third-order valence-corrected chi connectivity index (χ3v) is 8.17. The van der Waals surface area contributed by atoms with Crippen molar-refractivity contribution in [1.29, 1.82) is 0 Å². The highest BCUT2D eigenvalue weighted by atomic mass is 32.2. The molecule has 1 N–H and O–H groups in total. The van der Waals surface area contributed by atoms with Crippen LogP contribution in [0.1, 0.15) is 45.1 Å². The van der Waals surface area contributed by atoms with E-state index in [0.29, 0.717) is 18.8 Å². The Morgan fingerprint density at radius 1 is 1.23 bits per heavy atom. The van der Waals surface area contributed by atoms with Gasteiger partial charge < -0.3 is 19.4 Å². The zero-order valence-corrected chi connectivity index (χ0v) is 19.2. The minimum absolute atomic E-state index is 0.186. The molecule has 4 heterocycles. The first-order valence-electron chi connectivity index (χ1n) is 10.6. The van der Waals surface area contributed by atoms with Crippen molar-refractivity contribution >= 4 is 27.1 Å². The Kier molecular flexibility index (Phi) is 5.63. The third kappa shape index (κ3) is 4.36. The number of H-pyrrole nitrogens is 1. The van der Waals surface area contributed by atoms with Crippen molar-refractivity contribution in [3.63, 3.8) is 0 Å². The molecule has 0 aliphatic carbocycles. The van der Waals surface area contributed by atoms with Gasteiger partial charge in [0.05, 0.1) is 13.3 Å². The first-order valence-corrected chi connectivity index (χ1v) is 12.1. The molecule has 4 rings (SSSR count). The summed E-state index contributed by atoms with van der Waals surface area (Å²) in [6.45, 7) is 6.70. The Morgan fingerprint density at radius 2 is 1.90 bits per heavy atom. The van der Waals surface area contributed by atoms with Gasteiger partial charge in [-0.3, -0.25) is 0 Å². The second kappa shape index (κ2) is 7.98. The lowest BCUT2D eigenvalue weighted by molar-refractivity contribution is 0.0135. The maximum atomic E-state index is 13.0. The summed E-state index contributed by atoms with van der Waals surface area (Å²) in [5, 5.41) is 0.464. The molecule has 2 aromatic heterocycles. The lowest BCUT2D eigenvalue weighted by atomic mass is 9.90. The summed E-state index contributed by atoms with van der Waals surface area (Å²) < 4.78 is 38.2. The summed E-state index contributed by atoms with van der Waals surface area (Å²) in [4.78, 5) is 21.1. The fourth-order valence-corrected chi connectivity index (χ4v) is 6.07. The highest BCUT2D eigenvalue weighted by Gasteiger charge is 2.44. The van der Waals surface area contributed by atoms with Crippen molar-refractivity contribution in [2.75, 3.05) is 33.3 Å². The van der Waals surface area contributed by atoms with Crippen molar-refractivity contribution in [3.05, 3.63) is 24.0 Å². The number of aromatic amines is 1. The van der Waals surface area contributed by atoms with Crippen molar-refractivity contribution < 1.29 is 22.7 Å². The average molecular weight is 451 g/mol. The maximum Gasteiger partial charge on any atom is 0.410 e. The van der Waals surface area contributed by atoms with E-state index in [1.807, 2.05) is 12.3 Å². The van der Waals surface area contributed by atoms with Gasteiger partial charge in [-0.05, 0) is 51.2 Å². The molecule has 9 nitrogen and oxygen atoms in total. The Balaban J connectivity index is 1.36. The molecule has 2 saturated heterocycles. The number of methoxy groups -OCH3 is 1. The second-order valence-corrected chi connectivity index (χ2v) is 11.5. The van der Waals surface area contributed by atoms with Crippen LogP contribution in [0.25, 0.3) is 11.0 Å². The van der Waals surface area contributed by atoms with Crippen LogP contribution in [-0.2, 0) is 14.8 Å². The van der Waals surface area contributed by atoms with E-state index in [1.54, 1.807) is 38.4 Å². The quantitative estimate of drug-likeness (QED) is 0.768. The molecular weight excluding hydrogens is 420 g/mol. The van der Waals surface area contributed by atoms with E-state index in [1.165, 1.54) is 4.90 Å². The Labute approximate surface area is 182 Å². The number of pyridine rings is 1. The first kappa shape index (κ1) is 21.9. The van der Waals surface area contributed by atoms with E-state index in [0.717, 1.165) is 29.4 Å². The van der Waals surface area contributed by atoms with E-state index < -0.39 is 27.0 Å². The molecule has 0 radical (unpaired) electrons. The molecule has 0 unspecified atom stereocenters. The van der Waals surface area contributed by atoms with E-state index in [9.17, 15) is 13.2 Å². The van der Waals surface area contributed by atoms with Gasteiger partial charge in [0.15, 0.2) is 0 Å². The number of piperidine rings is 1. The maximum absolute atomic E-state index is 13.0. The van der Waals surface area contributed by atoms with Gasteiger partial charge in [-0.25, -0.2) is 22.5 Å². The molecule has 2 fully saturated rings. The van der Waals surface area contributed by atoms with Crippen molar-refractivity contribution in [3.8, 4) is 5.75 Å². The summed E-state index contributed by atoms with van der Waals surface area (Å²) in [7, 11) is -1.82. The Morgan fingerprint density at radius 3 is 2.52 bits per heavy atom. The lowest BCUT2D eigenvalue weighted by Crippen LogP contribution is -2.61. The topological polar surface area (TPSA) is 105 Å².